The molecule has 4 heteroatoms. The predicted octanol–water partition coefficient (Wildman–Crippen LogP) is 2.39. The van der Waals surface area contributed by atoms with Crippen molar-refractivity contribution >= 4 is 17.3 Å². The van der Waals surface area contributed by atoms with Crippen LogP contribution >= 0.6 is 0 Å². The van der Waals surface area contributed by atoms with E-state index in [0.29, 0.717) is 5.69 Å². The van der Waals surface area contributed by atoms with Crippen LogP contribution in [-0.2, 0) is 4.79 Å². The molecule has 0 aliphatic heterocycles. The first kappa shape index (κ1) is 11.5. The summed E-state index contributed by atoms with van der Waals surface area (Å²) in [5.74, 6) is -0.584. The molecule has 1 atom stereocenters. The predicted molar refractivity (Wildman–Crippen MR) is 58.9 cm³/mol. The van der Waals surface area contributed by atoms with Gasteiger partial charge in [-0.3, -0.25) is 4.79 Å². The molecule has 0 aliphatic rings. The average molecular weight is 210 g/mol. The highest BCUT2D eigenvalue weighted by Crippen LogP contribution is 2.20. The van der Waals surface area contributed by atoms with Crippen LogP contribution in [0.5, 0.6) is 0 Å². The van der Waals surface area contributed by atoms with Crippen molar-refractivity contribution in [2.75, 3.05) is 11.1 Å². The number of hydrogen-bond donors (Lipinski definition) is 2. The third kappa shape index (κ3) is 2.94. The molecule has 0 heterocycles. The van der Waals surface area contributed by atoms with Crippen LogP contribution in [0.4, 0.5) is 15.8 Å². The number of anilines is 2. The fraction of sp³-hybridized carbons (Fsp3) is 0.364. The molecule has 15 heavy (non-hydrogen) atoms. The minimum Gasteiger partial charge on any atom is -0.397 e. The smallest absolute Gasteiger partial charge is 0.227 e. The highest BCUT2D eigenvalue weighted by Gasteiger charge is 2.11. The highest BCUT2D eigenvalue weighted by molar-refractivity contribution is 5.95. The van der Waals surface area contributed by atoms with E-state index in [0.717, 1.165) is 6.42 Å². The summed E-state index contributed by atoms with van der Waals surface area (Å²) in [6.07, 6.45) is 0.757. The molecule has 0 aromatic heterocycles. The van der Waals surface area contributed by atoms with Crippen LogP contribution in [0.3, 0.4) is 0 Å². The van der Waals surface area contributed by atoms with E-state index in [4.69, 9.17) is 5.73 Å². The average Bonchev–Trinajstić information content (AvgIpc) is 2.20. The Balaban J connectivity index is 2.77. The van der Waals surface area contributed by atoms with Gasteiger partial charge >= 0.3 is 0 Å². The van der Waals surface area contributed by atoms with Crippen molar-refractivity contribution < 1.29 is 9.18 Å². The Morgan fingerprint density at radius 1 is 1.60 bits per heavy atom. The summed E-state index contributed by atoms with van der Waals surface area (Å²) < 4.78 is 12.7. The van der Waals surface area contributed by atoms with E-state index in [2.05, 4.69) is 5.32 Å². The molecule has 1 aromatic carbocycles. The van der Waals surface area contributed by atoms with E-state index in [1.54, 1.807) is 0 Å². The fourth-order valence-corrected chi connectivity index (χ4v) is 1.09. The zero-order valence-corrected chi connectivity index (χ0v) is 8.88. The van der Waals surface area contributed by atoms with Gasteiger partial charge in [-0.2, -0.15) is 0 Å². The third-order valence-corrected chi connectivity index (χ3v) is 2.33. The molecule has 0 radical (unpaired) electrons. The molecule has 0 fully saturated rings. The maximum atomic E-state index is 12.7. The van der Waals surface area contributed by atoms with Gasteiger partial charge in [0.15, 0.2) is 0 Å². The summed E-state index contributed by atoms with van der Waals surface area (Å²) in [5.41, 5.74) is 6.26. The van der Waals surface area contributed by atoms with E-state index < -0.39 is 5.82 Å². The Labute approximate surface area is 88.5 Å². The Kier molecular flexibility index (Phi) is 3.66. The molecule has 3 N–H and O–H groups in total. The van der Waals surface area contributed by atoms with Crippen LogP contribution < -0.4 is 11.1 Å². The van der Waals surface area contributed by atoms with Crippen molar-refractivity contribution in [3.8, 4) is 0 Å². The van der Waals surface area contributed by atoms with Crippen molar-refractivity contribution in [1.29, 1.82) is 0 Å². The topological polar surface area (TPSA) is 55.1 Å². The van der Waals surface area contributed by atoms with E-state index in [1.807, 2.05) is 13.8 Å². The molecular weight excluding hydrogens is 195 g/mol. The normalized spacial score (nSPS) is 12.2. The van der Waals surface area contributed by atoms with Gasteiger partial charge in [-0.05, 0) is 24.6 Å². The van der Waals surface area contributed by atoms with E-state index in [1.165, 1.54) is 18.2 Å². The SMILES string of the molecule is CC[C@@H](C)C(=O)Nc1ccc(F)cc1N. The number of amides is 1. The molecule has 1 rings (SSSR count). The number of nitrogens with two attached hydrogens (primary N) is 1. The summed E-state index contributed by atoms with van der Waals surface area (Å²) >= 11 is 0. The van der Waals surface area contributed by atoms with Gasteiger partial charge < -0.3 is 11.1 Å². The molecular formula is C11H15FN2O. The second-order valence-corrected chi connectivity index (χ2v) is 3.53. The van der Waals surface area contributed by atoms with Crippen LogP contribution in [0, 0.1) is 11.7 Å². The van der Waals surface area contributed by atoms with Gasteiger partial charge in [0, 0.05) is 5.92 Å². The second-order valence-electron chi connectivity index (χ2n) is 3.53. The molecule has 0 unspecified atom stereocenters. The molecule has 0 saturated carbocycles. The van der Waals surface area contributed by atoms with Crippen LogP contribution in [0.15, 0.2) is 18.2 Å². The lowest BCUT2D eigenvalue weighted by Crippen LogP contribution is -2.20. The molecule has 1 amide bonds. The third-order valence-electron chi connectivity index (χ3n) is 2.33. The number of halogens is 1. The highest BCUT2D eigenvalue weighted by atomic mass is 19.1. The quantitative estimate of drug-likeness (QED) is 0.752. The number of hydrogen-bond acceptors (Lipinski definition) is 2. The molecule has 0 bridgehead atoms. The maximum Gasteiger partial charge on any atom is 0.227 e. The largest absolute Gasteiger partial charge is 0.397 e. The first-order chi connectivity index (χ1) is 7.04. The van der Waals surface area contributed by atoms with Crippen LogP contribution in [0.1, 0.15) is 20.3 Å². The fourth-order valence-electron chi connectivity index (χ4n) is 1.09. The van der Waals surface area contributed by atoms with Gasteiger partial charge in [-0.15, -0.1) is 0 Å². The second kappa shape index (κ2) is 4.77. The number of carbonyl (C=O) groups excluding carboxylic acids is 1. The lowest BCUT2D eigenvalue weighted by Gasteiger charge is -2.11. The molecule has 1 aromatic rings. The Morgan fingerprint density at radius 3 is 2.80 bits per heavy atom. The van der Waals surface area contributed by atoms with E-state index >= 15 is 0 Å². The zero-order valence-electron chi connectivity index (χ0n) is 8.88. The number of benzene rings is 1. The molecule has 0 saturated heterocycles. The summed E-state index contributed by atoms with van der Waals surface area (Å²) in [7, 11) is 0. The number of rotatable bonds is 3. The summed E-state index contributed by atoms with van der Waals surface area (Å²) in [5, 5.41) is 2.66. The molecule has 3 nitrogen and oxygen atoms in total. The first-order valence-electron chi connectivity index (χ1n) is 4.90. The minimum absolute atomic E-state index is 0.0746. The van der Waals surface area contributed by atoms with Crippen molar-refractivity contribution in [3.63, 3.8) is 0 Å². The zero-order chi connectivity index (χ0) is 11.4. The minimum atomic E-state index is -0.408. The first-order valence-corrected chi connectivity index (χ1v) is 4.90. The van der Waals surface area contributed by atoms with Crippen LogP contribution in [-0.4, -0.2) is 5.91 Å². The van der Waals surface area contributed by atoms with E-state index in [-0.39, 0.29) is 17.5 Å². The number of nitrogens with one attached hydrogen (secondary N) is 1. The van der Waals surface area contributed by atoms with Crippen molar-refractivity contribution in [1.82, 2.24) is 0 Å². The van der Waals surface area contributed by atoms with Gasteiger partial charge in [0.25, 0.3) is 0 Å². The van der Waals surface area contributed by atoms with Gasteiger partial charge in [0.1, 0.15) is 5.82 Å². The van der Waals surface area contributed by atoms with Crippen LogP contribution in [0.2, 0.25) is 0 Å². The lowest BCUT2D eigenvalue weighted by atomic mass is 10.1. The molecule has 82 valence electrons. The van der Waals surface area contributed by atoms with Gasteiger partial charge in [-0.1, -0.05) is 13.8 Å². The Bertz CT molecular complexity index is 366. The Hall–Kier alpha value is -1.58. The van der Waals surface area contributed by atoms with Crippen molar-refractivity contribution in [2.24, 2.45) is 5.92 Å². The monoisotopic (exact) mass is 210 g/mol. The standard InChI is InChI=1S/C11H15FN2O/c1-3-7(2)11(15)14-10-5-4-8(12)6-9(10)13/h4-7H,3,13H2,1-2H3,(H,14,15)/t7-/m1/s1. The van der Waals surface area contributed by atoms with Gasteiger partial charge in [0.05, 0.1) is 11.4 Å². The summed E-state index contributed by atoms with van der Waals surface area (Å²) in [4.78, 5) is 11.5. The van der Waals surface area contributed by atoms with Gasteiger partial charge in [-0.25, -0.2) is 4.39 Å². The Morgan fingerprint density at radius 2 is 2.27 bits per heavy atom. The van der Waals surface area contributed by atoms with Crippen molar-refractivity contribution in [3.05, 3.63) is 24.0 Å². The molecule has 0 spiro atoms. The number of carbonyl (C=O) groups is 1. The maximum absolute atomic E-state index is 12.7. The van der Waals surface area contributed by atoms with Gasteiger partial charge in [0.2, 0.25) is 5.91 Å². The summed E-state index contributed by atoms with van der Waals surface area (Å²) in [6, 6.07) is 3.92. The molecule has 0 aliphatic carbocycles. The van der Waals surface area contributed by atoms with Crippen molar-refractivity contribution in [2.45, 2.75) is 20.3 Å². The lowest BCUT2D eigenvalue weighted by molar-refractivity contribution is -0.119. The summed E-state index contributed by atoms with van der Waals surface area (Å²) in [6.45, 7) is 3.76. The number of nitrogen functional groups attached to an aromatic ring is 1. The van der Waals surface area contributed by atoms with Crippen LogP contribution in [0.25, 0.3) is 0 Å². The van der Waals surface area contributed by atoms with E-state index in [9.17, 15) is 9.18 Å².